The Morgan fingerprint density at radius 1 is 1.57 bits per heavy atom. The maximum atomic E-state index is 9.74. The maximum Gasteiger partial charge on any atom is 0.218 e. The molecule has 0 fully saturated rings. The molecule has 0 aliphatic rings. The van der Waals surface area contributed by atoms with Crippen molar-refractivity contribution in [3.63, 3.8) is 0 Å². The number of carbonyl (C=O) groups is 1. The Kier molecular flexibility index (Phi) is 11.0. The van der Waals surface area contributed by atoms with Gasteiger partial charge in [-0.3, -0.25) is 4.79 Å². The predicted molar refractivity (Wildman–Crippen MR) is 28.6 cm³/mol. The summed E-state index contributed by atoms with van der Waals surface area (Å²) < 4.78 is 0. The summed E-state index contributed by atoms with van der Waals surface area (Å²) in [5.41, 5.74) is 9.61. The van der Waals surface area contributed by atoms with Crippen LogP contribution in [0.2, 0.25) is 0 Å². The molecule has 4 heteroatoms. The fourth-order valence-electron chi connectivity index (χ4n) is 0.142. The Labute approximate surface area is 85.2 Å². The van der Waals surface area contributed by atoms with E-state index in [1.807, 2.05) is 0 Å². The molecule has 0 aromatic rings. The first kappa shape index (κ1) is 10.9. The quantitative estimate of drug-likeness (QED) is 0.440. The first-order valence-corrected chi connectivity index (χ1v) is 1.75. The molecule has 0 aliphatic heterocycles. The molecule has 0 bridgehead atoms. The smallest absolute Gasteiger partial charge is 0.218 e. The molecule has 0 spiro atoms. The van der Waals surface area contributed by atoms with E-state index in [4.69, 9.17) is 5.73 Å². The third kappa shape index (κ3) is 11.0. The molecule has 0 atom stereocenters. The molecule has 0 aromatic heterocycles. The van der Waals surface area contributed by atoms with Gasteiger partial charge in [-0.15, -0.1) is 0 Å². The average molecular weight is 127 g/mol. The first-order chi connectivity index (χ1) is 2.77. The normalized spacial score (nSPS) is 7.00. The number of primary amides is 1. The Balaban J connectivity index is 0. The molecule has 0 heterocycles. The predicted octanol–water partition coefficient (Wildman–Crippen LogP) is -1.56. The molecular formula is C3H8KN2O. The van der Waals surface area contributed by atoms with Gasteiger partial charge in [-0.05, 0) is 0 Å². The van der Waals surface area contributed by atoms with E-state index in [1.165, 1.54) is 0 Å². The number of hydrogen-bond acceptors (Lipinski definition) is 2. The van der Waals surface area contributed by atoms with Crippen molar-refractivity contribution < 1.29 is 4.79 Å². The average Bonchev–Trinajstić information content (AvgIpc) is 1.35. The van der Waals surface area contributed by atoms with Crippen LogP contribution < -0.4 is 11.5 Å². The fraction of sp³-hybridized carbons (Fsp3) is 0.667. The Hall–Kier alpha value is 1.07. The van der Waals surface area contributed by atoms with Crippen LogP contribution >= 0.6 is 0 Å². The molecule has 0 saturated carbocycles. The van der Waals surface area contributed by atoms with Crippen molar-refractivity contribution in [1.82, 2.24) is 0 Å². The SMILES string of the molecule is NCCC(N)=O.[K]. The zero-order valence-electron chi connectivity index (χ0n) is 4.48. The third-order valence-electron chi connectivity index (χ3n) is 0.391. The standard InChI is InChI=1S/C3H8N2O.K/c4-2-1-3(5)6;/h1-2,4H2,(H2,5,6);. The van der Waals surface area contributed by atoms with Crippen LogP contribution in [0.15, 0.2) is 0 Å². The van der Waals surface area contributed by atoms with E-state index in [2.05, 4.69) is 5.73 Å². The van der Waals surface area contributed by atoms with Crippen LogP contribution in [0.5, 0.6) is 0 Å². The van der Waals surface area contributed by atoms with E-state index in [1.54, 1.807) is 0 Å². The van der Waals surface area contributed by atoms with Gasteiger partial charge in [0.15, 0.2) is 0 Å². The van der Waals surface area contributed by atoms with Crippen LogP contribution in [0.3, 0.4) is 0 Å². The van der Waals surface area contributed by atoms with Gasteiger partial charge in [-0.2, -0.15) is 0 Å². The van der Waals surface area contributed by atoms with Crippen LogP contribution in [0.4, 0.5) is 0 Å². The molecule has 0 saturated heterocycles. The van der Waals surface area contributed by atoms with Crippen molar-refractivity contribution in [2.24, 2.45) is 11.5 Å². The van der Waals surface area contributed by atoms with Crippen molar-refractivity contribution in [2.45, 2.75) is 6.42 Å². The van der Waals surface area contributed by atoms with E-state index >= 15 is 0 Å². The fourth-order valence-corrected chi connectivity index (χ4v) is 0.142. The number of rotatable bonds is 2. The van der Waals surface area contributed by atoms with E-state index in [0.717, 1.165) is 0 Å². The minimum Gasteiger partial charge on any atom is -0.370 e. The molecule has 0 aromatic carbocycles. The van der Waals surface area contributed by atoms with Crippen molar-refractivity contribution in [3.05, 3.63) is 0 Å². The van der Waals surface area contributed by atoms with Gasteiger partial charge in [0.05, 0.1) is 0 Å². The minimum atomic E-state index is -0.336. The Morgan fingerprint density at radius 3 is 2.00 bits per heavy atom. The maximum absolute atomic E-state index is 9.74. The molecule has 0 aliphatic carbocycles. The number of carbonyl (C=O) groups excluding carboxylic acids is 1. The molecular weight excluding hydrogens is 119 g/mol. The zero-order chi connectivity index (χ0) is 4.99. The summed E-state index contributed by atoms with van der Waals surface area (Å²) in [6, 6.07) is 0. The monoisotopic (exact) mass is 127 g/mol. The van der Waals surface area contributed by atoms with Crippen molar-refractivity contribution >= 4 is 57.3 Å². The Morgan fingerprint density at radius 2 is 2.00 bits per heavy atom. The minimum absolute atomic E-state index is 0. The van der Waals surface area contributed by atoms with Gasteiger partial charge in [0, 0.05) is 64.4 Å². The van der Waals surface area contributed by atoms with E-state index in [9.17, 15) is 4.79 Å². The molecule has 3 nitrogen and oxygen atoms in total. The topological polar surface area (TPSA) is 69.1 Å². The number of amides is 1. The molecule has 4 N–H and O–H groups in total. The summed E-state index contributed by atoms with van der Waals surface area (Å²) in [5, 5.41) is 0. The second kappa shape index (κ2) is 7.07. The summed E-state index contributed by atoms with van der Waals surface area (Å²) in [6.07, 6.45) is 0.292. The Bertz CT molecular complexity index is 56.9. The van der Waals surface area contributed by atoms with Gasteiger partial charge in [-0.25, -0.2) is 0 Å². The van der Waals surface area contributed by atoms with Crippen molar-refractivity contribution in [3.8, 4) is 0 Å². The summed E-state index contributed by atoms with van der Waals surface area (Å²) in [6.45, 7) is 0.356. The number of hydrogen-bond donors (Lipinski definition) is 2. The van der Waals surface area contributed by atoms with Gasteiger partial charge in [0.2, 0.25) is 5.91 Å². The molecule has 1 amide bonds. The van der Waals surface area contributed by atoms with E-state index in [0.29, 0.717) is 13.0 Å². The van der Waals surface area contributed by atoms with E-state index in [-0.39, 0.29) is 57.3 Å². The van der Waals surface area contributed by atoms with Crippen LogP contribution in [0, 0.1) is 0 Å². The van der Waals surface area contributed by atoms with E-state index < -0.39 is 0 Å². The van der Waals surface area contributed by atoms with Crippen LogP contribution in [0.25, 0.3) is 0 Å². The zero-order valence-corrected chi connectivity index (χ0v) is 7.60. The molecule has 7 heavy (non-hydrogen) atoms. The number of nitrogens with two attached hydrogens (primary N) is 2. The van der Waals surface area contributed by atoms with Crippen LogP contribution in [0.1, 0.15) is 6.42 Å². The van der Waals surface area contributed by atoms with Crippen molar-refractivity contribution in [1.29, 1.82) is 0 Å². The molecule has 0 unspecified atom stereocenters. The van der Waals surface area contributed by atoms with Gasteiger partial charge < -0.3 is 11.5 Å². The van der Waals surface area contributed by atoms with Gasteiger partial charge >= 0.3 is 0 Å². The summed E-state index contributed by atoms with van der Waals surface area (Å²) in [7, 11) is 0. The van der Waals surface area contributed by atoms with Crippen molar-refractivity contribution in [2.75, 3.05) is 6.54 Å². The largest absolute Gasteiger partial charge is 0.370 e. The third-order valence-corrected chi connectivity index (χ3v) is 0.391. The first-order valence-electron chi connectivity index (χ1n) is 1.75. The van der Waals surface area contributed by atoms with Gasteiger partial charge in [0.1, 0.15) is 0 Å². The second-order valence-corrected chi connectivity index (χ2v) is 1.00. The summed E-state index contributed by atoms with van der Waals surface area (Å²) in [5.74, 6) is -0.336. The van der Waals surface area contributed by atoms with Crippen LogP contribution in [-0.2, 0) is 4.79 Å². The molecule has 0 rings (SSSR count). The molecule has 37 valence electrons. The van der Waals surface area contributed by atoms with Crippen LogP contribution in [-0.4, -0.2) is 63.8 Å². The summed E-state index contributed by atoms with van der Waals surface area (Å²) >= 11 is 0. The summed E-state index contributed by atoms with van der Waals surface area (Å²) in [4.78, 5) is 9.74. The van der Waals surface area contributed by atoms with Gasteiger partial charge in [0.25, 0.3) is 0 Å². The molecule has 1 radical (unpaired) electrons. The second-order valence-electron chi connectivity index (χ2n) is 1.00. The van der Waals surface area contributed by atoms with Gasteiger partial charge in [-0.1, -0.05) is 0 Å².